The third-order valence-electron chi connectivity index (χ3n) is 6.61. The van der Waals surface area contributed by atoms with Crippen molar-refractivity contribution in [2.45, 2.75) is 52.1 Å². The summed E-state index contributed by atoms with van der Waals surface area (Å²) in [6, 6.07) is 9.22. The summed E-state index contributed by atoms with van der Waals surface area (Å²) in [5.41, 5.74) is 7.04. The smallest absolute Gasteiger partial charge is 0.416 e. The summed E-state index contributed by atoms with van der Waals surface area (Å²) in [6.07, 6.45) is -4.08. The Morgan fingerprint density at radius 2 is 1.88 bits per heavy atom. The van der Waals surface area contributed by atoms with Crippen LogP contribution in [0.3, 0.4) is 0 Å². The van der Waals surface area contributed by atoms with E-state index in [1.165, 1.54) is 36.1 Å². The highest BCUT2D eigenvalue weighted by Gasteiger charge is 2.30. The summed E-state index contributed by atoms with van der Waals surface area (Å²) in [5, 5.41) is 10.4. The Morgan fingerprint density at radius 3 is 2.48 bits per heavy atom. The molecular weight excluding hydrogens is 555 g/mol. The summed E-state index contributed by atoms with van der Waals surface area (Å²) in [4.78, 5) is 41.4. The van der Waals surface area contributed by atoms with Crippen LogP contribution in [-0.2, 0) is 24.1 Å². The van der Waals surface area contributed by atoms with Gasteiger partial charge in [-0.2, -0.15) is 18.3 Å². The zero-order chi connectivity index (χ0) is 30.6. The number of hydrogen-bond donors (Lipinski definition) is 3. The Labute approximate surface area is 238 Å². The topological polar surface area (TPSA) is 146 Å². The molecule has 2 aromatic heterocycles. The molecule has 1 atom stereocenters. The number of methoxy groups -OCH3 is 1. The molecule has 0 saturated carbocycles. The first kappa shape index (κ1) is 30.2. The van der Waals surface area contributed by atoms with E-state index in [1.807, 2.05) is 6.92 Å². The van der Waals surface area contributed by atoms with Gasteiger partial charge < -0.3 is 15.3 Å². The van der Waals surface area contributed by atoms with Crippen LogP contribution in [0.1, 0.15) is 63.6 Å². The number of benzene rings is 2. The van der Waals surface area contributed by atoms with Crippen LogP contribution in [-0.4, -0.2) is 44.5 Å². The summed E-state index contributed by atoms with van der Waals surface area (Å²) < 4.78 is 47.8. The van der Waals surface area contributed by atoms with Crippen molar-refractivity contribution in [3.05, 3.63) is 70.5 Å². The van der Waals surface area contributed by atoms with E-state index in [9.17, 15) is 27.6 Å². The van der Waals surface area contributed by atoms with Crippen LogP contribution in [0.15, 0.2) is 42.5 Å². The Kier molecular flexibility index (Phi) is 8.95. The molecule has 0 aliphatic carbocycles. The average molecular weight is 586 g/mol. The molecule has 2 heterocycles. The second kappa shape index (κ2) is 12.4. The number of carbonyl (C=O) groups excluding carboxylic acids is 3. The predicted octanol–water partition coefficient (Wildman–Crippen LogP) is 4.21. The number of halogens is 3. The largest absolute Gasteiger partial charge is 0.494 e. The Hall–Kier alpha value is -4.72. The lowest BCUT2D eigenvalue weighted by Gasteiger charge is -2.24. The van der Waals surface area contributed by atoms with E-state index in [4.69, 9.17) is 10.5 Å². The fourth-order valence-electron chi connectivity index (χ4n) is 4.61. The maximum Gasteiger partial charge on any atom is 0.416 e. The fraction of sp³-hybridized carbons (Fsp3) is 0.321. The molecule has 0 radical (unpaired) electrons. The van der Waals surface area contributed by atoms with Gasteiger partial charge in [-0.1, -0.05) is 12.1 Å². The number of aromatic nitrogens is 4. The predicted molar refractivity (Wildman–Crippen MR) is 148 cm³/mol. The molecule has 1 unspecified atom stereocenters. The lowest BCUT2D eigenvalue weighted by molar-refractivity contribution is -0.137. The van der Waals surface area contributed by atoms with Crippen molar-refractivity contribution in [3.8, 4) is 5.75 Å². The van der Waals surface area contributed by atoms with Crippen molar-refractivity contribution in [3.63, 3.8) is 0 Å². The van der Waals surface area contributed by atoms with Gasteiger partial charge in [-0.15, -0.1) is 0 Å². The quantitative estimate of drug-likeness (QED) is 0.211. The van der Waals surface area contributed by atoms with Crippen LogP contribution in [0.25, 0.3) is 11.0 Å². The van der Waals surface area contributed by atoms with E-state index in [1.54, 1.807) is 17.6 Å². The minimum absolute atomic E-state index is 0.0762. The molecule has 14 heteroatoms. The fourth-order valence-corrected chi connectivity index (χ4v) is 4.61. The van der Waals surface area contributed by atoms with Crippen molar-refractivity contribution in [1.29, 1.82) is 0 Å². The van der Waals surface area contributed by atoms with E-state index >= 15 is 0 Å². The van der Waals surface area contributed by atoms with Crippen molar-refractivity contribution in [1.82, 2.24) is 24.6 Å². The molecule has 2 aromatic carbocycles. The Balaban J connectivity index is 1.80. The van der Waals surface area contributed by atoms with E-state index < -0.39 is 29.7 Å². The number of primary amides is 1. The number of carbonyl (C=O) groups is 3. The molecule has 0 aliphatic rings. The van der Waals surface area contributed by atoms with Crippen LogP contribution >= 0.6 is 0 Å². The van der Waals surface area contributed by atoms with Gasteiger partial charge in [0, 0.05) is 25.1 Å². The number of amides is 2. The lowest BCUT2D eigenvalue weighted by Crippen LogP contribution is -2.29. The van der Waals surface area contributed by atoms with Crippen LogP contribution in [0.2, 0.25) is 0 Å². The Bertz CT molecular complexity index is 1610. The number of aryl methyl sites for hydroxylation is 2. The second-order valence-corrected chi connectivity index (χ2v) is 9.49. The van der Waals surface area contributed by atoms with Crippen molar-refractivity contribution in [2.24, 2.45) is 5.73 Å². The monoisotopic (exact) mass is 585 g/mol. The molecule has 0 saturated heterocycles. The lowest BCUT2D eigenvalue weighted by atomic mass is 10.1. The number of fused-ring (bicyclic) bond motifs is 1. The van der Waals surface area contributed by atoms with E-state index in [2.05, 4.69) is 20.7 Å². The minimum atomic E-state index is -4.46. The summed E-state index contributed by atoms with van der Waals surface area (Å²) in [5.74, 6) is -0.904. The molecule has 4 aromatic rings. The zero-order valence-corrected chi connectivity index (χ0v) is 23.2. The zero-order valence-electron chi connectivity index (χ0n) is 23.2. The highest BCUT2D eigenvalue weighted by atomic mass is 19.4. The second-order valence-electron chi connectivity index (χ2n) is 9.49. The average Bonchev–Trinajstić information content (AvgIpc) is 3.52. The number of ether oxygens (including phenoxy) is 1. The molecule has 42 heavy (non-hydrogen) atoms. The molecule has 4 rings (SSSR count). The molecule has 222 valence electrons. The number of hydrogen-bond acceptors (Lipinski definition) is 7. The van der Waals surface area contributed by atoms with Crippen LogP contribution < -0.4 is 21.1 Å². The SMILES string of the molecule is CCn1nc(C)cc1C(=O)Nc1nc2cc(C(N)=O)cc(OC)c2n1C(CCC=O)NCc1ccc(C(F)(F)F)cc1. The summed E-state index contributed by atoms with van der Waals surface area (Å²) in [6.45, 7) is 4.17. The number of nitrogens with zero attached hydrogens (tertiary/aromatic N) is 4. The van der Waals surface area contributed by atoms with Gasteiger partial charge in [-0.05, 0) is 56.2 Å². The van der Waals surface area contributed by atoms with Gasteiger partial charge in [-0.3, -0.25) is 29.5 Å². The molecular formula is C28H30F3N7O4. The van der Waals surface area contributed by atoms with Gasteiger partial charge in [0.2, 0.25) is 11.9 Å². The van der Waals surface area contributed by atoms with E-state index in [0.29, 0.717) is 29.0 Å². The number of imidazole rings is 1. The Morgan fingerprint density at radius 1 is 1.17 bits per heavy atom. The summed E-state index contributed by atoms with van der Waals surface area (Å²) in [7, 11) is 1.40. The number of rotatable bonds is 12. The molecule has 0 bridgehead atoms. The molecule has 0 aliphatic heterocycles. The van der Waals surface area contributed by atoms with Crippen molar-refractivity contribution < 1.29 is 32.3 Å². The molecule has 0 spiro atoms. The maximum atomic E-state index is 13.4. The standard InChI is InChI=1S/C28H30F3N7O4/c1-4-37-21(12-16(2)36-37)26(41)35-27-34-20-13-18(25(32)40)14-22(42-3)24(20)38(27)23(6-5-11-39)33-15-17-7-9-19(10-8-17)28(29,30)31/h7-14,23,33H,4-6,15H2,1-3H3,(H2,32,40)(H,34,35,41). The van der Waals surface area contributed by atoms with Gasteiger partial charge in [0.05, 0.1) is 30.0 Å². The third kappa shape index (κ3) is 6.43. The molecule has 2 amide bonds. The number of nitrogens with one attached hydrogen (secondary N) is 2. The maximum absolute atomic E-state index is 13.4. The van der Waals surface area contributed by atoms with Crippen LogP contribution in [0.4, 0.5) is 19.1 Å². The summed E-state index contributed by atoms with van der Waals surface area (Å²) >= 11 is 0. The van der Waals surface area contributed by atoms with Gasteiger partial charge in [-0.25, -0.2) is 4.98 Å². The number of nitrogens with two attached hydrogens (primary N) is 1. The van der Waals surface area contributed by atoms with Gasteiger partial charge in [0.25, 0.3) is 5.91 Å². The van der Waals surface area contributed by atoms with Crippen LogP contribution in [0.5, 0.6) is 5.75 Å². The van der Waals surface area contributed by atoms with Crippen molar-refractivity contribution >= 4 is 35.1 Å². The highest BCUT2D eigenvalue weighted by molar-refractivity contribution is 6.04. The van der Waals surface area contributed by atoms with Gasteiger partial charge in [0.1, 0.15) is 23.2 Å². The number of alkyl halides is 3. The first-order valence-electron chi connectivity index (χ1n) is 13.1. The number of anilines is 1. The molecule has 0 fully saturated rings. The van der Waals surface area contributed by atoms with Gasteiger partial charge >= 0.3 is 6.18 Å². The van der Waals surface area contributed by atoms with Crippen LogP contribution in [0, 0.1) is 6.92 Å². The first-order chi connectivity index (χ1) is 20.0. The molecule has 4 N–H and O–H groups in total. The highest BCUT2D eigenvalue weighted by Crippen LogP contribution is 2.34. The molecule has 11 nitrogen and oxygen atoms in total. The number of aldehydes is 1. The first-order valence-corrected chi connectivity index (χ1v) is 13.1. The third-order valence-corrected chi connectivity index (χ3v) is 6.61. The van der Waals surface area contributed by atoms with E-state index in [0.717, 1.165) is 18.4 Å². The van der Waals surface area contributed by atoms with Gasteiger partial charge in [0.15, 0.2) is 0 Å². The normalized spacial score (nSPS) is 12.3. The van der Waals surface area contributed by atoms with E-state index in [-0.39, 0.29) is 42.2 Å². The van der Waals surface area contributed by atoms with Crippen molar-refractivity contribution in [2.75, 3.05) is 12.4 Å². The minimum Gasteiger partial charge on any atom is -0.494 e.